The number of nitrogens with one attached hydrogen (secondary N) is 1. The number of nitrogens with zero attached hydrogens (tertiary/aromatic N) is 1. The predicted molar refractivity (Wildman–Crippen MR) is 114 cm³/mol. The van der Waals surface area contributed by atoms with Crippen LogP contribution in [0.3, 0.4) is 0 Å². The van der Waals surface area contributed by atoms with Crippen LogP contribution in [0.25, 0.3) is 11.0 Å². The molecule has 0 spiro atoms. The van der Waals surface area contributed by atoms with Gasteiger partial charge in [-0.25, -0.2) is 0 Å². The third-order valence-corrected chi connectivity index (χ3v) is 7.52. The van der Waals surface area contributed by atoms with Gasteiger partial charge in [-0.15, -0.1) is 23.5 Å². The van der Waals surface area contributed by atoms with Crippen LogP contribution in [0.1, 0.15) is 5.76 Å². The number of rotatable bonds is 7. The van der Waals surface area contributed by atoms with E-state index >= 15 is 0 Å². The van der Waals surface area contributed by atoms with E-state index in [1.54, 1.807) is 30.9 Å². The van der Waals surface area contributed by atoms with E-state index in [0.717, 1.165) is 16.7 Å². The molecule has 2 aliphatic rings. The zero-order valence-corrected chi connectivity index (χ0v) is 18.0. The fourth-order valence-corrected chi connectivity index (χ4v) is 6.15. The number of benzene rings is 1. The van der Waals surface area contributed by atoms with Crippen LogP contribution in [0, 0.1) is 0 Å². The normalized spacial score (nSPS) is 24.7. The summed E-state index contributed by atoms with van der Waals surface area (Å²) >= 11 is 3.14. The molecule has 7 nitrogen and oxygen atoms in total. The average molecular weight is 437 g/mol. The lowest BCUT2D eigenvalue weighted by Gasteiger charge is -2.31. The standard InChI is InChI=1S/C20H24N2O5S2/c1-25-20(26-2)14-9-28-11-22(14)19(24)17-18(29-10-21-17)15(23)8-13-7-12-5-3-4-6-16(12)27-13/h3-7,14,17-18,20-21H,8-11H2,1-2H3/t14-,17-,18?/m0/s1. The second-order valence-electron chi connectivity index (χ2n) is 7.02. The van der Waals surface area contributed by atoms with Gasteiger partial charge in [0, 0.05) is 31.2 Å². The number of amides is 1. The summed E-state index contributed by atoms with van der Waals surface area (Å²) in [5.74, 6) is 2.43. The van der Waals surface area contributed by atoms with Gasteiger partial charge in [-0.05, 0) is 12.1 Å². The molecule has 0 bridgehead atoms. The van der Waals surface area contributed by atoms with E-state index in [4.69, 9.17) is 13.9 Å². The van der Waals surface area contributed by atoms with Crippen molar-refractivity contribution in [2.75, 3.05) is 31.7 Å². The van der Waals surface area contributed by atoms with Gasteiger partial charge >= 0.3 is 0 Å². The number of hydrogen-bond acceptors (Lipinski definition) is 8. The quantitative estimate of drug-likeness (QED) is 0.661. The summed E-state index contributed by atoms with van der Waals surface area (Å²) < 4.78 is 16.5. The molecule has 156 valence electrons. The summed E-state index contributed by atoms with van der Waals surface area (Å²) in [6.45, 7) is 0. The SMILES string of the molecule is COC(OC)[C@@H]1CSCN1C(=O)[C@H]1NCSC1C(=O)Cc1cc2ccccc2o1. The zero-order valence-electron chi connectivity index (χ0n) is 16.3. The van der Waals surface area contributed by atoms with Crippen molar-refractivity contribution in [2.45, 2.75) is 30.0 Å². The second kappa shape index (κ2) is 9.09. The van der Waals surface area contributed by atoms with Crippen LogP contribution < -0.4 is 5.32 Å². The van der Waals surface area contributed by atoms with E-state index in [1.165, 1.54) is 11.8 Å². The maximum Gasteiger partial charge on any atom is 0.242 e. The van der Waals surface area contributed by atoms with E-state index in [0.29, 0.717) is 17.5 Å². The number of fused-ring (bicyclic) bond motifs is 1. The number of hydrogen-bond donors (Lipinski definition) is 1. The number of carbonyl (C=O) groups is 2. The molecule has 1 aromatic heterocycles. The molecule has 0 radical (unpaired) electrons. The molecule has 3 heterocycles. The Morgan fingerprint density at radius 3 is 2.86 bits per heavy atom. The van der Waals surface area contributed by atoms with Gasteiger partial charge in [0.1, 0.15) is 17.4 Å². The van der Waals surface area contributed by atoms with Gasteiger partial charge in [-0.2, -0.15) is 0 Å². The van der Waals surface area contributed by atoms with Gasteiger partial charge in [-0.3, -0.25) is 14.9 Å². The molecule has 3 atom stereocenters. The van der Waals surface area contributed by atoms with Gasteiger partial charge in [0.2, 0.25) is 5.91 Å². The molecule has 4 rings (SSSR count). The van der Waals surface area contributed by atoms with E-state index < -0.39 is 17.6 Å². The first-order valence-electron chi connectivity index (χ1n) is 9.41. The topological polar surface area (TPSA) is 81.0 Å². The highest BCUT2D eigenvalue weighted by Gasteiger charge is 2.44. The molecule has 9 heteroatoms. The number of thioether (sulfide) groups is 2. The molecule has 1 N–H and O–H groups in total. The van der Waals surface area contributed by atoms with Gasteiger partial charge in [0.15, 0.2) is 12.1 Å². The summed E-state index contributed by atoms with van der Waals surface area (Å²) in [7, 11) is 3.15. The zero-order chi connectivity index (χ0) is 20.4. The molecular formula is C20H24N2O5S2. The Morgan fingerprint density at radius 2 is 2.10 bits per heavy atom. The molecule has 2 fully saturated rings. The maximum absolute atomic E-state index is 13.3. The minimum Gasteiger partial charge on any atom is -0.461 e. The van der Waals surface area contributed by atoms with Crippen molar-refractivity contribution in [3.05, 3.63) is 36.1 Å². The van der Waals surface area contributed by atoms with E-state index in [2.05, 4.69) is 5.32 Å². The minimum absolute atomic E-state index is 0.00385. The first-order chi connectivity index (χ1) is 14.1. The van der Waals surface area contributed by atoms with E-state index in [-0.39, 0.29) is 24.2 Å². The minimum atomic E-state index is -0.549. The Morgan fingerprint density at radius 1 is 1.31 bits per heavy atom. The highest BCUT2D eigenvalue weighted by atomic mass is 32.2. The number of carbonyl (C=O) groups excluding carboxylic acids is 2. The molecule has 29 heavy (non-hydrogen) atoms. The predicted octanol–water partition coefficient (Wildman–Crippen LogP) is 2.10. The molecule has 2 aromatic rings. The lowest BCUT2D eigenvalue weighted by Crippen LogP contribution is -2.54. The molecule has 0 aliphatic carbocycles. The van der Waals surface area contributed by atoms with Crippen molar-refractivity contribution in [1.29, 1.82) is 0 Å². The summed E-state index contributed by atoms with van der Waals surface area (Å²) in [4.78, 5) is 28.0. The number of Topliss-reactive ketones (excluding diaryl/α,β-unsaturated/α-hetero) is 1. The van der Waals surface area contributed by atoms with Gasteiger partial charge < -0.3 is 18.8 Å². The highest BCUT2D eigenvalue weighted by molar-refractivity contribution is 8.01. The largest absolute Gasteiger partial charge is 0.461 e. The Hall–Kier alpha value is -1.52. The van der Waals surface area contributed by atoms with E-state index in [9.17, 15) is 9.59 Å². The summed E-state index contributed by atoms with van der Waals surface area (Å²) in [5.41, 5.74) is 0.766. The molecule has 1 unspecified atom stereocenters. The molecule has 1 aromatic carbocycles. The maximum atomic E-state index is 13.3. The summed E-state index contributed by atoms with van der Waals surface area (Å²) in [6, 6.07) is 8.86. The second-order valence-corrected chi connectivity index (χ2v) is 9.15. The van der Waals surface area contributed by atoms with Crippen molar-refractivity contribution in [1.82, 2.24) is 10.2 Å². The molecule has 2 saturated heterocycles. The monoisotopic (exact) mass is 436 g/mol. The molecular weight excluding hydrogens is 412 g/mol. The lowest BCUT2D eigenvalue weighted by molar-refractivity contribution is -0.157. The molecule has 1 amide bonds. The average Bonchev–Trinajstić information content (AvgIpc) is 3.47. The van der Waals surface area contributed by atoms with Crippen molar-refractivity contribution < 1.29 is 23.5 Å². The smallest absolute Gasteiger partial charge is 0.242 e. The Kier molecular flexibility index (Phi) is 6.50. The number of furan rings is 1. The van der Waals surface area contributed by atoms with Crippen LogP contribution in [0.15, 0.2) is 34.7 Å². The van der Waals surface area contributed by atoms with Crippen molar-refractivity contribution >= 4 is 46.2 Å². The van der Waals surface area contributed by atoms with Gasteiger partial charge in [0.25, 0.3) is 0 Å². The van der Waals surface area contributed by atoms with Crippen LogP contribution in [0.2, 0.25) is 0 Å². The highest BCUT2D eigenvalue weighted by Crippen LogP contribution is 2.30. The fraction of sp³-hybridized carbons (Fsp3) is 0.500. The van der Waals surface area contributed by atoms with Crippen LogP contribution in [-0.2, 0) is 25.5 Å². The number of methoxy groups -OCH3 is 2. The Bertz CT molecular complexity index is 852. The molecule has 2 aliphatic heterocycles. The van der Waals surface area contributed by atoms with Crippen molar-refractivity contribution in [3.8, 4) is 0 Å². The Balaban J connectivity index is 1.46. The van der Waals surface area contributed by atoms with Crippen LogP contribution in [-0.4, -0.2) is 71.9 Å². The first-order valence-corrected chi connectivity index (χ1v) is 11.6. The lowest BCUT2D eigenvalue weighted by atomic mass is 10.0. The van der Waals surface area contributed by atoms with Gasteiger partial charge in [0.05, 0.1) is 23.6 Å². The van der Waals surface area contributed by atoms with Gasteiger partial charge in [-0.1, -0.05) is 18.2 Å². The van der Waals surface area contributed by atoms with Crippen LogP contribution in [0.5, 0.6) is 0 Å². The third kappa shape index (κ3) is 4.20. The Labute approximate surface area is 177 Å². The molecule has 0 saturated carbocycles. The van der Waals surface area contributed by atoms with Crippen molar-refractivity contribution in [2.24, 2.45) is 0 Å². The first kappa shape index (κ1) is 20.7. The third-order valence-electron chi connectivity index (χ3n) is 5.26. The number of para-hydroxylation sites is 1. The number of ether oxygens (including phenoxy) is 2. The fourth-order valence-electron chi connectivity index (χ4n) is 3.82. The van der Waals surface area contributed by atoms with E-state index in [1.807, 2.05) is 30.3 Å². The number of ketones is 1. The van der Waals surface area contributed by atoms with Crippen LogP contribution >= 0.6 is 23.5 Å². The van der Waals surface area contributed by atoms with Crippen molar-refractivity contribution in [3.63, 3.8) is 0 Å². The summed E-state index contributed by atoms with van der Waals surface area (Å²) in [6.07, 6.45) is -0.304. The summed E-state index contributed by atoms with van der Waals surface area (Å²) in [5, 5.41) is 3.74. The van der Waals surface area contributed by atoms with Crippen LogP contribution in [0.4, 0.5) is 0 Å².